The zero-order valence-corrected chi connectivity index (χ0v) is 18.0. The summed E-state index contributed by atoms with van der Waals surface area (Å²) in [6.45, 7) is 3.91. The molecule has 1 aliphatic rings. The Hall–Kier alpha value is -3.00. The fraction of sp³-hybridized carbons (Fsp3) is 0.364. The number of ether oxygens (including phenoxy) is 1. The molecule has 2 atom stereocenters. The molecule has 0 spiro atoms. The molecule has 0 fully saturated rings. The van der Waals surface area contributed by atoms with Gasteiger partial charge < -0.3 is 4.74 Å². The van der Waals surface area contributed by atoms with Crippen molar-refractivity contribution in [2.45, 2.75) is 39.2 Å². The summed E-state index contributed by atoms with van der Waals surface area (Å²) >= 11 is 1.60. The lowest BCUT2D eigenvalue weighted by Gasteiger charge is -2.18. The van der Waals surface area contributed by atoms with E-state index >= 15 is 0 Å². The Kier molecular flexibility index (Phi) is 5.67. The van der Waals surface area contributed by atoms with Crippen LogP contribution in [0.5, 0.6) is 5.75 Å². The third-order valence-corrected chi connectivity index (χ3v) is 6.70. The zero-order valence-electron chi connectivity index (χ0n) is 17.2. The van der Waals surface area contributed by atoms with Gasteiger partial charge in [-0.2, -0.15) is 5.10 Å². The third kappa shape index (κ3) is 3.87. The summed E-state index contributed by atoms with van der Waals surface area (Å²) < 4.78 is 6.51. The van der Waals surface area contributed by atoms with Gasteiger partial charge in [0.15, 0.2) is 0 Å². The van der Waals surface area contributed by atoms with E-state index in [9.17, 15) is 9.59 Å². The lowest BCUT2D eigenvalue weighted by Crippen LogP contribution is -2.34. The molecule has 1 N–H and O–H groups in total. The minimum absolute atomic E-state index is 0.158. The minimum atomic E-state index is -0.722. The average Bonchev–Trinajstić information content (AvgIpc) is 3.12. The lowest BCUT2D eigenvalue weighted by atomic mass is 9.89. The predicted molar refractivity (Wildman–Crippen MR) is 119 cm³/mol. The Morgan fingerprint density at radius 1 is 1.40 bits per heavy atom. The van der Waals surface area contributed by atoms with Crippen molar-refractivity contribution >= 4 is 33.7 Å². The fourth-order valence-corrected chi connectivity index (χ4v) is 5.04. The summed E-state index contributed by atoms with van der Waals surface area (Å²) in [4.78, 5) is 32.2. The second kappa shape index (κ2) is 8.39. The number of fused-ring (bicyclic) bond motifs is 3. The van der Waals surface area contributed by atoms with Crippen LogP contribution in [0.1, 0.15) is 42.3 Å². The Labute approximate surface area is 178 Å². The standard InChI is InChI=1S/C22H24N4O3S/c1-13-4-9-17-18(10-13)30-21-19(17)22(28)26(12-23-21)14(2)20(27)25-24-11-15-5-7-16(29-3)8-6-15/h5-8,11-14H,4,9-10H2,1-3H3,(H,25,27)/b24-11-/t13-,14-/m0/s1. The molecule has 0 aliphatic heterocycles. The monoisotopic (exact) mass is 424 g/mol. The molecule has 8 heteroatoms. The number of rotatable bonds is 5. The molecule has 1 amide bonds. The first-order valence-corrected chi connectivity index (χ1v) is 10.8. The maximum absolute atomic E-state index is 13.1. The number of carbonyl (C=O) groups excluding carboxylic acids is 1. The van der Waals surface area contributed by atoms with Crippen LogP contribution >= 0.6 is 11.3 Å². The van der Waals surface area contributed by atoms with Gasteiger partial charge in [0.2, 0.25) is 0 Å². The number of hydrogen-bond donors (Lipinski definition) is 1. The first-order valence-electron chi connectivity index (χ1n) is 9.96. The van der Waals surface area contributed by atoms with Crippen molar-refractivity contribution in [1.82, 2.24) is 15.0 Å². The van der Waals surface area contributed by atoms with Crippen LogP contribution in [0, 0.1) is 5.92 Å². The number of aryl methyl sites for hydroxylation is 1. The molecule has 0 radical (unpaired) electrons. The van der Waals surface area contributed by atoms with Crippen LogP contribution in [0.4, 0.5) is 0 Å². The number of methoxy groups -OCH3 is 1. The molecule has 3 aromatic rings. The average molecular weight is 425 g/mol. The second-order valence-electron chi connectivity index (χ2n) is 7.67. The van der Waals surface area contributed by atoms with Gasteiger partial charge in [-0.25, -0.2) is 10.4 Å². The van der Waals surface area contributed by atoms with E-state index < -0.39 is 6.04 Å². The number of nitrogens with zero attached hydrogens (tertiary/aromatic N) is 3. The van der Waals surface area contributed by atoms with Crippen molar-refractivity contribution in [2.75, 3.05) is 7.11 Å². The smallest absolute Gasteiger partial charge is 0.263 e. The number of amides is 1. The quantitative estimate of drug-likeness (QED) is 0.503. The highest BCUT2D eigenvalue weighted by Gasteiger charge is 2.25. The minimum Gasteiger partial charge on any atom is -0.497 e. The van der Waals surface area contributed by atoms with E-state index in [2.05, 4.69) is 22.4 Å². The zero-order chi connectivity index (χ0) is 21.3. The van der Waals surface area contributed by atoms with Crippen LogP contribution in [-0.4, -0.2) is 28.8 Å². The molecule has 0 bridgehead atoms. The molecule has 0 saturated heterocycles. The SMILES string of the molecule is COc1ccc(/C=N\NC(=O)[C@H](C)n2cnc3sc4c(c3c2=O)CC[C@H](C)C4)cc1. The summed E-state index contributed by atoms with van der Waals surface area (Å²) in [5.41, 5.74) is 4.29. The van der Waals surface area contributed by atoms with Gasteiger partial charge in [0.25, 0.3) is 11.5 Å². The Morgan fingerprint density at radius 3 is 2.90 bits per heavy atom. The largest absolute Gasteiger partial charge is 0.497 e. The van der Waals surface area contributed by atoms with Gasteiger partial charge in [0.05, 0.1) is 25.0 Å². The van der Waals surface area contributed by atoms with Gasteiger partial charge in [0, 0.05) is 4.88 Å². The number of nitrogens with one attached hydrogen (secondary N) is 1. The molecule has 1 aliphatic carbocycles. The van der Waals surface area contributed by atoms with Crippen LogP contribution in [0.2, 0.25) is 0 Å². The summed E-state index contributed by atoms with van der Waals surface area (Å²) in [5.74, 6) is 0.999. The number of carbonyl (C=O) groups is 1. The van der Waals surface area contributed by atoms with Crippen molar-refractivity contribution in [3.05, 3.63) is 57.0 Å². The lowest BCUT2D eigenvalue weighted by molar-refractivity contribution is -0.123. The van der Waals surface area contributed by atoms with Gasteiger partial charge in [-0.3, -0.25) is 14.2 Å². The van der Waals surface area contributed by atoms with Gasteiger partial charge in [-0.15, -0.1) is 11.3 Å². The summed E-state index contributed by atoms with van der Waals surface area (Å²) in [6, 6.07) is 6.57. The van der Waals surface area contributed by atoms with Gasteiger partial charge in [-0.05, 0) is 67.5 Å². The molecular formula is C22H24N4O3S. The normalized spacial score (nSPS) is 17.1. The maximum Gasteiger partial charge on any atom is 0.263 e. The van der Waals surface area contributed by atoms with Crippen molar-refractivity contribution in [3.8, 4) is 5.75 Å². The number of aromatic nitrogens is 2. The molecule has 2 heterocycles. The van der Waals surface area contributed by atoms with Crippen LogP contribution in [0.25, 0.3) is 10.2 Å². The van der Waals surface area contributed by atoms with E-state index in [1.165, 1.54) is 15.8 Å². The van der Waals surface area contributed by atoms with Gasteiger partial charge >= 0.3 is 0 Å². The summed E-state index contributed by atoms with van der Waals surface area (Å²) in [7, 11) is 1.60. The van der Waals surface area contributed by atoms with E-state index in [-0.39, 0.29) is 11.5 Å². The van der Waals surface area contributed by atoms with Crippen LogP contribution in [0.15, 0.2) is 40.5 Å². The van der Waals surface area contributed by atoms with Crippen molar-refractivity contribution in [1.29, 1.82) is 0 Å². The van der Waals surface area contributed by atoms with Gasteiger partial charge in [0.1, 0.15) is 16.6 Å². The molecule has 156 valence electrons. The number of hydrazone groups is 1. The van der Waals surface area contributed by atoms with Gasteiger partial charge in [-0.1, -0.05) is 6.92 Å². The molecule has 0 saturated carbocycles. The van der Waals surface area contributed by atoms with Crippen molar-refractivity contribution < 1.29 is 9.53 Å². The van der Waals surface area contributed by atoms with Crippen LogP contribution in [-0.2, 0) is 17.6 Å². The number of benzene rings is 1. The van der Waals surface area contributed by atoms with E-state index in [0.717, 1.165) is 41.0 Å². The number of thiophene rings is 1. The highest BCUT2D eigenvalue weighted by atomic mass is 32.1. The first-order chi connectivity index (χ1) is 14.5. The molecule has 0 unspecified atom stereocenters. The van der Waals surface area contributed by atoms with Crippen molar-refractivity contribution in [3.63, 3.8) is 0 Å². The Bertz CT molecular complexity index is 1160. The molecule has 1 aromatic carbocycles. The Balaban J connectivity index is 1.52. The number of hydrogen-bond acceptors (Lipinski definition) is 6. The highest BCUT2D eigenvalue weighted by molar-refractivity contribution is 7.18. The molecule has 4 rings (SSSR count). The summed E-state index contributed by atoms with van der Waals surface area (Å²) in [5, 5.41) is 4.68. The second-order valence-corrected chi connectivity index (χ2v) is 8.76. The summed E-state index contributed by atoms with van der Waals surface area (Å²) in [6.07, 6.45) is 5.97. The fourth-order valence-electron chi connectivity index (χ4n) is 3.70. The van der Waals surface area contributed by atoms with Crippen molar-refractivity contribution in [2.24, 2.45) is 11.0 Å². The van der Waals surface area contributed by atoms with Crippen LogP contribution in [0.3, 0.4) is 0 Å². The van der Waals surface area contributed by atoms with E-state index in [0.29, 0.717) is 11.3 Å². The Morgan fingerprint density at radius 2 is 2.17 bits per heavy atom. The van der Waals surface area contributed by atoms with E-state index in [4.69, 9.17) is 4.74 Å². The molecule has 2 aromatic heterocycles. The van der Waals surface area contributed by atoms with E-state index in [1.807, 2.05) is 24.3 Å². The topological polar surface area (TPSA) is 85.6 Å². The van der Waals surface area contributed by atoms with E-state index in [1.54, 1.807) is 31.6 Å². The predicted octanol–water partition coefficient (Wildman–Crippen LogP) is 3.30. The van der Waals surface area contributed by atoms with Crippen LogP contribution < -0.4 is 15.7 Å². The maximum atomic E-state index is 13.1. The molecule has 30 heavy (non-hydrogen) atoms. The highest BCUT2D eigenvalue weighted by Crippen LogP contribution is 2.35. The molecular weight excluding hydrogens is 400 g/mol. The first kappa shape index (κ1) is 20.3. The molecule has 7 nitrogen and oxygen atoms in total. The third-order valence-electron chi connectivity index (χ3n) is 5.54.